The van der Waals surface area contributed by atoms with E-state index >= 15 is 0 Å². The van der Waals surface area contributed by atoms with Crippen LogP contribution >= 0.6 is 0 Å². The molecule has 0 radical (unpaired) electrons. The largest absolute Gasteiger partial charge is 0.493 e. The summed E-state index contributed by atoms with van der Waals surface area (Å²) in [5.74, 6) is 2.07. The summed E-state index contributed by atoms with van der Waals surface area (Å²) in [6.45, 7) is 3.76. The summed E-state index contributed by atoms with van der Waals surface area (Å²) in [5, 5.41) is 9.46. The van der Waals surface area contributed by atoms with Gasteiger partial charge in [0.2, 0.25) is 5.75 Å². The molecule has 0 fully saturated rings. The number of rotatable bonds is 18. The van der Waals surface area contributed by atoms with Crippen LogP contribution in [0.4, 0.5) is 11.4 Å². The molecule has 4 aromatic carbocycles. The van der Waals surface area contributed by atoms with E-state index in [4.69, 9.17) is 28.4 Å². The zero-order valence-electron chi connectivity index (χ0n) is 30.9. The van der Waals surface area contributed by atoms with Gasteiger partial charge in [0.25, 0.3) is 0 Å². The Hall–Kier alpha value is -5.61. The average molecular weight is 709 g/mol. The Bertz CT molecular complexity index is 1850. The van der Waals surface area contributed by atoms with E-state index in [1.54, 1.807) is 48.0 Å². The van der Waals surface area contributed by atoms with Gasteiger partial charge in [0.1, 0.15) is 6.10 Å². The van der Waals surface area contributed by atoms with E-state index in [1.807, 2.05) is 98.8 Å². The van der Waals surface area contributed by atoms with Crippen molar-refractivity contribution in [1.29, 1.82) is 0 Å². The molecule has 0 saturated heterocycles. The van der Waals surface area contributed by atoms with E-state index in [0.29, 0.717) is 59.1 Å². The molecule has 274 valence electrons. The number of benzene rings is 4. The van der Waals surface area contributed by atoms with Crippen molar-refractivity contribution >= 4 is 41.9 Å². The van der Waals surface area contributed by atoms with Gasteiger partial charge < -0.3 is 33.5 Å². The number of aliphatic imine (C=N–C) groups is 2. The molecular weight excluding hydrogens is 660 g/mol. The number of ether oxygens (including phenoxy) is 6. The lowest BCUT2D eigenvalue weighted by Crippen LogP contribution is -2.19. The van der Waals surface area contributed by atoms with Gasteiger partial charge in [0.15, 0.2) is 23.0 Å². The van der Waals surface area contributed by atoms with Gasteiger partial charge in [0.05, 0.1) is 52.8 Å². The first kappa shape index (κ1) is 39.2. The first-order chi connectivity index (χ1) is 25.3. The Morgan fingerprint density at radius 1 is 0.673 bits per heavy atom. The molecule has 0 aromatic heterocycles. The number of hydrogen-bond donors (Lipinski definition) is 1. The van der Waals surface area contributed by atoms with Crippen molar-refractivity contribution in [2.45, 2.75) is 39.2 Å². The van der Waals surface area contributed by atoms with E-state index in [0.717, 1.165) is 28.1 Å². The second-order valence-electron chi connectivity index (χ2n) is 11.9. The third kappa shape index (κ3) is 10.0. The van der Waals surface area contributed by atoms with Crippen LogP contribution in [0.5, 0.6) is 28.7 Å². The second kappa shape index (κ2) is 19.7. The Balaban J connectivity index is 1.44. The summed E-state index contributed by atoms with van der Waals surface area (Å²) in [5.41, 5.74) is 5.76. The smallest absolute Gasteiger partial charge is 0.309 e. The minimum atomic E-state index is -0.588. The van der Waals surface area contributed by atoms with Crippen molar-refractivity contribution in [3.8, 4) is 28.7 Å². The zero-order chi connectivity index (χ0) is 37.5. The summed E-state index contributed by atoms with van der Waals surface area (Å²) in [6, 6.07) is 23.2. The molecule has 4 rings (SSSR count). The fourth-order valence-corrected chi connectivity index (χ4v) is 5.40. The highest BCUT2D eigenvalue weighted by molar-refractivity contribution is 5.88. The monoisotopic (exact) mass is 708 g/mol. The predicted molar refractivity (Wildman–Crippen MR) is 207 cm³/mol. The minimum Gasteiger partial charge on any atom is -0.493 e. The lowest BCUT2D eigenvalue weighted by molar-refractivity contribution is -0.154. The highest BCUT2D eigenvalue weighted by atomic mass is 16.5. The molecule has 0 aliphatic carbocycles. The van der Waals surface area contributed by atoms with Crippen molar-refractivity contribution in [2.24, 2.45) is 15.9 Å². The summed E-state index contributed by atoms with van der Waals surface area (Å²) in [4.78, 5) is 21.9. The normalized spacial score (nSPS) is 12.6. The van der Waals surface area contributed by atoms with Gasteiger partial charge in [0, 0.05) is 35.7 Å². The number of carbonyl (C=O) groups excluding carboxylic acids is 1. The van der Waals surface area contributed by atoms with E-state index in [2.05, 4.69) is 9.98 Å². The zero-order valence-corrected chi connectivity index (χ0v) is 30.9. The SMILES string of the molecule is CCC(C)C(=O)OC(CCCO)c1ccc(C=Nc2ccc(C=Cc3ccc(N=Cc4ccc(OC)c(OC)c4OC)cc3)cc2)c(OC)c1OC. The molecule has 0 aliphatic heterocycles. The first-order valence-electron chi connectivity index (χ1n) is 17.1. The third-order valence-corrected chi connectivity index (χ3v) is 8.52. The van der Waals surface area contributed by atoms with Gasteiger partial charge in [-0.2, -0.15) is 0 Å². The van der Waals surface area contributed by atoms with Gasteiger partial charge in [-0.15, -0.1) is 0 Å². The Morgan fingerprint density at radius 2 is 1.17 bits per heavy atom. The molecule has 0 amide bonds. The molecular formula is C42H48N2O8. The number of nitrogens with zero attached hydrogens (tertiary/aromatic N) is 2. The molecule has 0 spiro atoms. The fraction of sp³-hybridized carbons (Fsp3) is 0.310. The number of carbonyl (C=O) groups is 1. The van der Waals surface area contributed by atoms with Crippen LogP contribution in [0.15, 0.2) is 82.8 Å². The van der Waals surface area contributed by atoms with Crippen LogP contribution < -0.4 is 23.7 Å². The number of aliphatic hydroxyl groups excluding tert-OH is 1. The van der Waals surface area contributed by atoms with Crippen LogP contribution in [0.3, 0.4) is 0 Å². The van der Waals surface area contributed by atoms with Gasteiger partial charge in [-0.1, -0.05) is 56.3 Å². The summed E-state index contributed by atoms with van der Waals surface area (Å²) in [7, 11) is 7.85. The van der Waals surface area contributed by atoms with Gasteiger partial charge in [-0.25, -0.2) is 0 Å². The molecule has 0 heterocycles. The first-order valence-corrected chi connectivity index (χ1v) is 17.1. The lowest BCUT2D eigenvalue weighted by Gasteiger charge is -2.23. The van der Waals surface area contributed by atoms with Crippen LogP contribution in [0.25, 0.3) is 12.2 Å². The van der Waals surface area contributed by atoms with Crippen LogP contribution in [0, 0.1) is 5.92 Å². The molecule has 2 atom stereocenters. The van der Waals surface area contributed by atoms with Crippen molar-refractivity contribution in [1.82, 2.24) is 0 Å². The van der Waals surface area contributed by atoms with E-state index in [-0.39, 0.29) is 18.5 Å². The minimum absolute atomic E-state index is 0.0150. The summed E-state index contributed by atoms with van der Waals surface area (Å²) in [6.07, 6.45) is 8.53. The second-order valence-corrected chi connectivity index (χ2v) is 11.9. The molecule has 2 unspecified atom stereocenters. The molecule has 0 bridgehead atoms. The lowest BCUT2D eigenvalue weighted by atomic mass is 10.00. The van der Waals surface area contributed by atoms with Crippen LogP contribution in [-0.2, 0) is 9.53 Å². The summed E-state index contributed by atoms with van der Waals surface area (Å²) >= 11 is 0. The van der Waals surface area contributed by atoms with Crippen molar-refractivity contribution < 1.29 is 38.3 Å². The Kier molecular flexibility index (Phi) is 14.8. The quantitative estimate of drug-likeness (QED) is 0.0619. The maximum absolute atomic E-state index is 12.7. The van der Waals surface area contributed by atoms with E-state index < -0.39 is 6.10 Å². The highest BCUT2D eigenvalue weighted by Gasteiger charge is 2.26. The topological polar surface area (TPSA) is 117 Å². The molecule has 10 heteroatoms. The number of hydrogen-bond acceptors (Lipinski definition) is 10. The third-order valence-electron chi connectivity index (χ3n) is 8.52. The average Bonchev–Trinajstić information content (AvgIpc) is 3.19. The number of aliphatic hydroxyl groups is 1. The molecule has 10 nitrogen and oxygen atoms in total. The molecule has 4 aromatic rings. The standard InChI is InChI=1S/C42H48N2O8/c1-8-28(2)42(46)52-36(10-9-25-45)35-23-17-31(38(48-4)40(35)50-6)26-43-33-19-13-29(14-20-33)11-12-30-15-21-34(22-16-30)44-27-32-18-24-37(47-3)41(51-7)39(32)49-5/h11-24,26-28,36,45H,8-10,25H2,1-7H3. The van der Waals surface area contributed by atoms with Crippen molar-refractivity contribution in [3.63, 3.8) is 0 Å². The Labute approximate surface area is 306 Å². The van der Waals surface area contributed by atoms with Crippen molar-refractivity contribution in [2.75, 3.05) is 42.2 Å². The fourth-order valence-electron chi connectivity index (χ4n) is 5.40. The predicted octanol–water partition coefficient (Wildman–Crippen LogP) is 8.80. The van der Waals surface area contributed by atoms with Crippen molar-refractivity contribution in [3.05, 3.63) is 101 Å². The van der Waals surface area contributed by atoms with Gasteiger partial charge in [-0.3, -0.25) is 14.8 Å². The van der Waals surface area contributed by atoms with Gasteiger partial charge >= 0.3 is 5.97 Å². The van der Waals surface area contributed by atoms with E-state index in [9.17, 15) is 9.90 Å². The van der Waals surface area contributed by atoms with Crippen LogP contribution in [-0.4, -0.2) is 65.7 Å². The molecule has 0 saturated carbocycles. The highest BCUT2D eigenvalue weighted by Crippen LogP contribution is 2.41. The molecule has 0 aliphatic rings. The van der Waals surface area contributed by atoms with Crippen LogP contribution in [0.1, 0.15) is 67.0 Å². The maximum Gasteiger partial charge on any atom is 0.309 e. The molecule has 52 heavy (non-hydrogen) atoms. The number of methoxy groups -OCH3 is 5. The van der Waals surface area contributed by atoms with Gasteiger partial charge in [-0.05, 0) is 72.9 Å². The summed E-state index contributed by atoms with van der Waals surface area (Å²) < 4.78 is 33.8. The Morgan fingerprint density at radius 3 is 1.63 bits per heavy atom. The maximum atomic E-state index is 12.7. The molecule has 1 N–H and O–H groups in total. The number of esters is 1. The van der Waals surface area contributed by atoms with Crippen LogP contribution in [0.2, 0.25) is 0 Å². The van der Waals surface area contributed by atoms with E-state index in [1.165, 1.54) is 0 Å².